The van der Waals surface area contributed by atoms with Gasteiger partial charge in [0.05, 0.1) is 17.7 Å². The maximum Gasteiger partial charge on any atom is 0.339 e. The normalized spacial score (nSPS) is 10.0. The van der Waals surface area contributed by atoms with E-state index in [0.29, 0.717) is 23.4 Å². The number of rotatable bonds is 6. The van der Waals surface area contributed by atoms with E-state index in [-0.39, 0.29) is 0 Å². The standard InChI is InChI=1S/C18H16INO5/c1-2-24-17(22)12-7-9-13(10-8-12)20-16(21)11-25-18(23)14-5-3-4-6-15(14)19/h3-10H,2,11H2,1H3,(H,20,21). The quantitative estimate of drug-likeness (QED) is 0.537. The van der Waals surface area contributed by atoms with E-state index >= 15 is 0 Å². The average molecular weight is 453 g/mol. The highest BCUT2D eigenvalue weighted by Gasteiger charge is 2.13. The molecule has 130 valence electrons. The lowest BCUT2D eigenvalue weighted by molar-refractivity contribution is -0.119. The molecule has 0 bridgehead atoms. The number of ether oxygens (including phenoxy) is 2. The Morgan fingerprint density at radius 2 is 1.64 bits per heavy atom. The number of carbonyl (C=O) groups is 3. The smallest absolute Gasteiger partial charge is 0.339 e. The first-order chi connectivity index (χ1) is 12.0. The molecule has 7 heteroatoms. The van der Waals surface area contributed by atoms with Gasteiger partial charge < -0.3 is 14.8 Å². The van der Waals surface area contributed by atoms with Gasteiger partial charge in [0.1, 0.15) is 0 Å². The molecule has 1 N–H and O–H groups in total. The van der Waals surface area contributed by atoms with Gasteiger partial charge >= 0.3 is 11.9 Å². The highest BCUT2D eigenvalue weighted by atomic mass is 127. The van der Waals surface area contributed by atoms with Crippen LogP contribution in [0.25, 0.3) is 0 Å². The second kappa shape index (κ2) is 9.16. The zero-order valence-corrected chi connectivity index (χ0v) is 15.6. The summed E-state index contributed by atoms with van der Waals surface area (Å²) in [5.41, 5.74) is 1.29. The van der Waals surface area contributed by atoms with Crippen LogP contribution in [-0.2, 0) is 14.3 Å². The fourth-order valence-corrected chi connectivity index (χ4v) is 2.54. The van der Waals surface area contributed by atoms with Crippen LogP contribution in [-0.4, -0.2) is 31.1 Å². The first-order valence-corrected chi connectivity index (χ1v) is 8.58. The van der Waals surface area contributed by atoms with Gasteiger partial charge in [0, 0.05) is 9.26 Å². The zero-order chi connectivity index (χ0) is 18.2. The summed E-state index contributed by atoms with van der Waals surface area (Å²) in [6.07, 6.45) is 0. The Morgan fingerprint density at radius 3 is 2.28 bits per heavy atom. The minimum Gasteiger partial charge on any atom is -0.462 e. The third-order valence-electron chi connectivity index (χ3n) is 3.11. The Bertz CT molecular complexity index is 773. The summed E-state index contributed by atoms with van der Waals surface area (Å²) in [6, 6.07) is 13.2. The van der Waals surface area contributed by atoms with E-state index in [1.807, 2.05) is 28.7 Å². The number of hydrogen-bond donors (Lipinski definition) is 1. The molecule has 0 aliphatic heterocycles. The van der Waals surface area contributed by atoms with Crippen molar-refractivity contribution in [2.45, 2.75) is 6.92 Å². The van der Waals surface area contributed by atoms with Gasteiger partial charge in [-0.1, -0.05) is 12.1 Å². The molecule has 0 unspecified atom stereocenters. The second-order valence-electron chi connectivity index (χ2n) is 4.90. The fraction of sp³-hybridized carbons (Fsp3) is 0.167. The molecule has 0 aromatic heterocycles. The van der Waals surface area contributed by atoms with Crippen LogP contribution in [0.5, 0.6) is 0 Å². The monoisotopic (exact) mass is 453 g/mol. The third-order valence-corrected chi connectivity index (χ3v) is 4.05. The average Bonchev–Trinajstić information content (AvgIpc) is 2.61. The van der Waals surface area contributed by atoms with E-state index in [2.05, 4.69) is 5.32 Å². The summed E-state index contributed by atoms with van der Waals surface area (Å²) in [5.74, 6) is -1.45. The second-order valence-corrected chi connectivity index (χ2v) is 6.06. The van der Waals surface area contributed by atoms with E-state index in [4.69, 9.17) is 9.47 Å². The van der Waals surface area contributed by atoms with E-state index in [1.165, 1.54) is 0 Å². The van der Waals surface area contributed by atoms with Crippen LogP contribution in [0.15, 0.2) is 48.5 Å². The summed E-state index contributed by atoms with van der Waals surface area (Å²) in [6.45, 7) is 1.62. The van der Waals surface area contributed by atoms with Crippen LogP contribution in [0.2, 0.25) is 0 Å². The Labute approximate surface area is 158 Å². The molecule has 0 radical (unpaired) electrons. The summed E-state index contributed by atoms with van der Waals surface area (Å²) in [5, 5.41) is 2.59. The molecule has 0 saturated carbocycles. The number of anilines is 1. The molecule has 0 aliphatic carbocycles. The number of esters is 2. The van der Waals surface area contributed by atoms with Crippen molar-refractivity contribution in [1.29, 1.82) is 0 Å². The lowest BCUT2D eigenvalue weighted by Crippen LogP contribution is -2.21. The number of hydrogen-bond acceptors (Lipinski definition) is 5. The number of carbonyl (C=O) groups excluding carboxylic acids is 3. The van der Waals surface area contributed by atoms with Gasteiger partial charge in [0.15, 0.2) is 6.61 Å². The van der Waals surface area contributed by atoms with Gasteiger partial charge in [-0.15, -0.1) is 0 Å². The number of amides is 1. The number of halogens is 1. The molecule has 25 heavy (non-hydrogen) atoms. The highest BCUT2D eigenvalue weighted by Crippen LogP contribution is 2.13. The molecule has 2 aromatic rings. The first-order valence-electron chi connectivity index (χ1n) is 7.50. The Morgan fingerprint density at radius 1 is 0.960 bits per heavy atom. The van der Waals surface area contributed by atoms with Gasteiger partial charge in [-0.25, -0.2) is 9.59 Å². The van der Waals surface area contributed by atoms with Crippen LogP contribution >= 0.6 is 22.6 Å². The van der Waals surface area contributed by atoms with Crippen molar-refractivity contribution in [3.63, 3.8) is 0 Å². The predicted octanol–water partition coefficient (Wildman–Crippen LogP) is 3.26. The maximum atomic E-state index is 11.9. The van der Waals surface area contributed by atoms with Crippen molar-refractivity contribution in [2.24, 2.45) is 0 Å². The van der Waals surface area contributed by atoms with Crippen molar-refractivity contribution in [3.05, 3.63) is 63.2 Å². The van der Waals surface area contributed by atoms with E-state index in [0.717, 1.165) is 3.57 Å². The van der Waals surface area contributed by atoms with Gasteiger partial charge in [0.25, 0.3) is 5.91 Å². The minimum atomic E-state index is -0.558. The van der Waals surface area contributed by atoms with E-state index in [1.54, 1.807) is 49.4 Å². The molecule has 0 atom stereocenters. The molecule has 0 spiro atoms. The van der Waals surface area contributed by atoms with Gasteiger partial charge in [-0.05, 0) is 65.9 Å². The molecule has 0 aliphatic rings. The van der Waals surface area contributed by atoms with Crippen LogP contribution in [0.4, 0.5) is 5.69 Å². The Kier molecular flexibility index (Phi) is 6.93. The van der Waals surface area contributed by atoms with Crippen LogP contribution in [0, 0.1) is 3.57 Å². The van der Waals surface area contributed by atoms with Crippen molar-refractivity contribution in [1.82, 2.24) is 0 Å². The third kappa shape index (κ3) is 5.56. The molecular formula is C18H16INO5. The Balaban J connectivity index is 1.87. The highest BCUT2D eigenvalue weighted by molar-refractivity contribution is 14.1. The minimum absolute atomic E-state index is 0.295. The van der Waals surface area contributed by atoms with Crippen molar-refractivity contribution < 1.29 is 23.9 Å². The van der Waals surface area contributed by atoms with Crippen molar-refractivity contribution in [2.75, 3.05) is 18.5 Å². The lowest BCUT2D eigenvalue weighted by atomic mass is 10.2. The molecule has 0 heterocycles. The van der Waals surface area contributed by atoms with Crippen molar-refractivity contribution >= 4 is 46.1 Å². The zero-order valence-electron chi connectivity index (χ0n) is 13.5. The number of benzene rings is 2. The van der Waals surface area contributed by atoms with Crippen molar-refractivity contribution in [3.8, 4) is 0 Å². The predicted molar refractivity (Wildman–Crippen MR) is 100 cm³/mol. The van der Waals surface area contributed by atoms with Crippen LogP contribution in [0.3, 0.4) is 0 Å². The fourth-order valence-electron chi connectivity index (χ4n) is 1.94. The summed E-state index contributed by atoms with van der Waals surface area (Å²) in [4.78, 5) is 35.4. The largest absolute Gasteiger partial charge is 0.462 e. The molecule has 1 amide bonds. The molecule has 6 nitrogen and oxygen atoms in total. The molecule has 2 aromatic carbocycles. The van der Waals surface area contributed by atoms with Crippen LogP contribution < -0.4 is 5.32 Å². The molecule has 2 rings (SSSR count). The van der Waals surface area contributed by atoms with Gasteiger partial charge in [-0.2, -0.15) is 0 Å². The lowest BCUT2D eigenvalue weighted by Gasteiger charge is -2.08. The van der Waals surface area contributed by atoms with Crippen LogP contribution in [0.1, 0.15) is 27.6 Å². The van der Waals surface area contributed by atoms with E-state index < -0.39 is 24.5 Å². The SMILES string of the molecule is CCOC(=O)c1ccc(NC(=O)COC(=O)c2ccccc2I)cc1. The molecule has 0 saturated heterocycles. The summed E-state index contributed by atoms with van der Waals surface area (Å²) >= 11 is 2.03. The molecule has 0 fully saturated rings. The number of nitrogens with one attached hydrogen (secondary N) is 1. The first kappa shape index (κ1) is 18.9. The van der Waals surface area contributed by atoms with E-state index in [9.17, 15) is 14.4 Å². The Hall–Kier alpha value is -2.42. The maximum absolute atomic E-state index is 11.9. The molecular weight excluding hydrogens is 437 g/mol. The van der Waals surface area contributed by atoms with Gasteiger partial charge in [-0.3, -0.25) is 4.79 Å². The topological polar surface area (TPSA) is 81.7 Å². The van der Waals surface area contributed by atoms with Gasteiger partial charge in [0.2, 0.25) is 0 Å². The summed E-state index contributed by atoms with van der Waals surface area (Å²) in [7, 11) is 0. The summed E-state index contributed by atoms with van der Waals surface area (Å²) < 4.78 is 10.6.